The Hall–Kier alpha value is -0.610. The molecule has 0 radical (unpaired) electrons. The Kier molecular flexibility index (Phi) is 3.97. The summed E-state index contributed by atoms with van der Waals surface area (Å²) in [5, 5.41) is 9.29. The van der Waals surface area contributed by atoms with Crippen molar-refractivity contribution in [1.82, 2.24) is 9.80 Å². The van der Waals surface area contributed by atoms with Crippen LogP contribution in [0.1, 0.15) is 46.0 Å². The SMILES string of the molecule is CCN(CC)C1(CC(=O)O)CC2CCC(C1)N2C. The van der Waals surface area contributed by atoms with Crippen LogP contribution in [0.2, 0.25) is 0 Å². The lowest BCUT2D eigenvalue weighted by Gasteiger charge is -2.50. The first kappa shape index (κ1) is 13.8. The largest absolute Gasteiger partial charge is 0.481 e. The molecule has 0 spiro atoms. The highest BCUT2D eigenvalue weighted by Gasteiger charge is 2.49. The third-order valence-electron chi connectivity index (χ3n) is 5.13. The van der Waals surface area contributed by atoms with Crippen molar-refractivity contribution < 1.29 is 9.90 Å². The van der Waals surface area contributed by atoms with E-state index in [1.165, 1.54) is 12.8 Å². The second-order valence-electron chi connectivity index (χ2n) is 5.93. The van der Waals surface area contributed by atoms with Gasteiger partial charge in [0.2, 0.25) is 0 Å². The zero-order chi connectivity index (χ0) is 13.3. The molecule has 18 heavy (non-hydrogen) atoms. The van der Waals surface area contributed by atoms with Crippen LogP contribution < -0.4 is 0 Å². The molecule has 2 heterocycles. The summed E-state index contributed by atoms with van der Waals surface area (Å²) < 4.78 is 0. The minimum atomic E-state index is -0.647. The predicted octanol–water partition coefficient (Wildman–Crippen LogP) is 1.80. The Balaban J connectivity index is 2.24. The molecule has 2 aliphatic heterocycles. The Morgan fingerprint density at radius 3 is 2.17 bits per heavy atom. The maximum atomic E-state index is 11.3. The average Bonchev–Trinajstić information content (AvgIpc) is 2.53. The fourth-order valence-corrected chi connectivity index (χ4v) is 4.23. The summed E-state index contributed by atoms with van der Waals surface area (Å²) in [7, 11) is 2.20. The van der Waals surface area contributed by atoms with Crippen molar-refractivity contribution in [2.75, 3.05) is 20.1 Å². The van der Waals surface area contributed by atoms with E-state index in [-0.39, 0.29) is 5.54 Å². The Labute approximate surface area is 110 Å². The first-order valence-corrected chi connectivity index (χ1v) is 7.21. The number of hydrogen-bond acceptors (Lipinski definition) is 3. The molecule has 2 saturated heterocycles. The molecule has 4 heteroatoms. The first-order chi connectivity index (χ1) is 8.52. The van der Waals surface area contributed by atoms with Crippen LogP contribution in [0.5, 0.6) is 0 Å². The summed E-state index contributed by atoms with van der Waals surface area (Å²) >= 11 is 0. The molecule has 0 aromatic carbocycles. The van der Waals surface area contributed by atoms with Crippen LogP contribution in [-0.4, -0.2) is 58.6 Å². The van der Waals surface area contributed by atoms with Gasteiger partial charge in [0.25, 0.3) is 0 Å². The van der Waals surface area contributed by atoms with Crippen LogP contribution >= 0.6 is 0 Å². The van der Waals surface area contributed by atoms with E-state index in [9.17, 15) is 9.90 Å². The summed E-state index contributed by atoms with van der Waals surface area (Å²) in [6.07, 6.45) is 4.82. The third kappa shape index (κ3) is 2.28. The van der Waals surface area contributed by atoms with E-state index in [2.05, 4.69) is 30.7 Å². The van der Waals surface area contributed by atoms with Crippen molar-refractivity contribution in [2.45, 2.75) is 63.6 Å². The monoisotopic (exact) mass is 254 g/mol. The van der Waals surface area contributed by atoms with Gasteiger partial charge in [-0.2, -0.15) is 0 Å². The molecule has 104 valence electrons. The van der Waals surface area contributed by atoms with E-state index in [0.717, 1.165) is 25.9 Å². The highest BCUT2D eigenvalue weighted by Crippen LogP contribution is 2.44. The molecule has 0 aliphatic carbocycles. The van der Waals surface area contributed by atoms with Gasteiger partial charge in [-0.3, -0.25) is 9.69 Å². The molecule has 2 rings (SSSR count). The van der Waals surface area contributed by atoms with Crippen LogP contribution in [0.15, 0.2) is 0 Å². The van der Waals surface area contributed by atoms with Crippen molar-refractivity contribution in [3.05, 3.63) is 0 Å². The number of carbonyl (C=O) groups is 1. The Morgan fingerprint density at radius 1 is 1.28 bits per heavy atom. The van der Waals surface area contributed by atoms with Crippen LogP contribution in [-0.2, 0) is 4.79 Å². The summed E-state index contributed by atoms with van der Waals surface area (Å²) in [6, 6.07) is 1.17. The van der Waals surface area contributed by atoms with E-state index in [1.807, 2.05) is 0 Å². The molecular weight excluding hydrogens is 228 g/mol. The topological polar surface area (TPSA) is 43.8 Å². The first-order valence-electron chi connectivity index (χ1n) is 7.21. The number of piperidine rings is 1. The van der Waals surface area contributed by atoms with Crippen molar-refractivity contribution >= 4 is 5.97 Å². The van der Waals surface area contributed by atoms with Crippen molar-refractivity contribution in [3.63, 3.8) is 0 Å². The van der Waals surface area contributed by atoms with Gasteiger partial charge < -0.3 is 10.0 Å². The standard InChI is InChI=1S/C14H26N2O2/c1-4-16(5-2)14(10-13(17)18)8-11-6-7-12(9-14)15(11)3/h11-12H,4-10H2,1-3H3,(H,17,18). The maximum Gasteiger partial charge on any atom is 0.305 e. The molecule has 0 saturated carbocycles. The molecule has 2 aliphatic rings. The number of carboxylic acids is 1. The molecule has 2 bridgehead atoms. The molecule has 1 N–H and O–H groups in total. The van der Waals surface area contributed by atoms with E-state index < -0.39 is 5.97 Å². The summed E-state index contributed by atoms with van der Waals surface area (Å²) in [6.45, 7) is 6.19. The summed E-state index contributed by atoms with van der Waals surface area (Å²) in [5.41, 5.74) is -0.103. The van der Waals surface area contributed by atoms with Gasteiger partial charge in [0.15, 0.2) is 0 Å². The number of fused-ring (bicyclic) bond motifs is 2. The van der Waals surface area contributed by atoms with E-state index >= 15 is 0 Å². The van der Waals surface area contributed by atoms with Gasteiger partial charge in [-0.1, -0.05) is 13.8 Å². The lowest BCUT2D eigenvalue weighted by Crippen LogP contribution is -2.59. The van der Waals surface area contributed by atoms with Crippen molar-refractivity contribution in [2.24, 2.45) is 0 Å². The minimum absolute atomic E-state index is 0.103. The average molecular weight is 254 g/mol. The lowest BCUT2D eigenvalue weighted by atomic mass is 9.78. The zero-order valence-corrected chi connectivity index (χ0v) is 11.9. The van der Waals surface area contributed by atoms with Gasteiger partial charge in [0, 0.05) is 17.6 Å². The predicted molar refractivity (Wildman–Crippen MR) is 71.7 cm³/mol. The van der Waals surface area contributed by atoms with E-state index in [4.69, 9.17) is 0 Å². The molecule has 2 atom stereocenters. The normalized spacial score (nSPS) is 36.2. The van der Waals surface area contributed by atoms with Gasteiger partial charge in [-0.25, -0.2) is 0 Å². The number of nitrogens with zero attached hydrogens (tertiary/aromatic N) is 2. The van der Waals surface area contributed by atoms with Gasteiger partial charge in [-0.05, 0) is 45.8 Å². The van der Waals surface area contributed by atoms with E-state index in [0.29, 0.717) is 18.5 Å². The molecule has 2 fully saturated rings. The Morgan fingerprint density at radius 2 is 1.78 bits per heavy atom. The number of hydrogen-bond donors (Lipinski definition) is 1. The van der Waals surface area contributed by atoms with Gasteiger partial charge in [0.05, 0.1) is 6.42 Å². The molecular formula is C14H26N2O2. The second kappa shape index (κ2) is 5.17. The molecule has 0 aromatic rings. The van der Waals surface area contributed by atoms with Crippen LogP contribution in [0, 0.1) is 0 Å². The van der Waals surface area contributed by atoms with Crippen LogP contribution in [0.4, 0.5) is 0 Å². The summed E-state index contributed by atoms with van der Waals surface area (Å²) in [5.74, 6) is -0.647. The fourth-order valence-electron chi connectivity index (χ4n) is 4.23. The fraction of sp³-hybridized carbons (Fsp3) is 0.929. The highest BCUT2D eigenvalue weighted by atomic mass is 16.4. The van der Waals surface area contributed by atoms with E-state index in [1.54, 1.807) is 0 Å². The molecule has 0 aromatic heterocycles. The zero-order valence-electron chi connectivity index (χ0n) is 11.9. The number of aliphatic carboxylic acids is 1. The van der Waals surface area contributed by atoms with Gasteiger partial charge in [-0.15, -0.1) is 0 Å². The van der Waals surface area contributed by atoms with Gasteiger partial charge >= 0.3 is 5.97 Å². The molecule has 2 unspecified atom stereocenters. The lowest BCUT2D eigenvalue weighted by molar-refractivity contribution is -0.142. The Bertz CT molecular complexity index is 301. The minimum Gasteiger partial charge on any atom is -0.481 e. The highest BCUT2D eigenvalue weighted by molar-refractivity contribution is 5.68. The smallest absolute Gasteiger partial charge is 0.305 e. The van der Waals surface area contributed by atoms with Crippen molar-refractivity contribution in [3.8, 4) is 0 Å². The van der Waals surface area contributed by atoms with Crippen LogP contribution in [0.3, 0.4) is 0 Å². The molecule has 0 amide bonds. The maximum absolute atomic E-state index is 11.3. The third-order valence-corrected chi connectivity index (χ3v) is 5.13. The quantitative estimate of drug-likeness (QED) is 0.812. The number of carboxylic acid groups (broad SMARTS) is 1. The number of rotatable bonds is 5. The second-order valence-corrected chi connectivity index (χ2v) is 5.93. The van der Waals surface area contributed by atoms with Crippen molar-refractivity contribution in [1.29, 1.82) is 0 Å². The van der Waals surface area contributed by atoms with Crippen LogP contribution in [0.25, 0.3) is 0 Å². The molecule has 4 nitrogen and oxygen atoms in total. The summed E-state index contributed by atoms with van der Waals surface area (Å²) in [4.78, 5) is 16.1. The van der Waals surface area contributed by atoms with Gasteiger partial charge in [0.1, 0.15) is 0 Å².